The molecule has 3 nitrogen and oxygen atoms in total. The second-order valence-corrected chi connectivity index (χ2v) is 5.46. The van der Waals surface area contributed by atoms with E-state index in [2.05, 4.69) is 16.8 Å². The van der Waals surface area contributed by atoms with Crippen LogP contribution in [-0.4, -0.2) is 23.9 Å². The Labute approximate surface area is 100 Å². The number of anilines is 1. The van der Waals surface area contributed by atoms with Crippen LogP contribution in [0, 0.1) is 6.92 Å². The van der Waals surface area contributed by atoms with Crippen molar-refractivity contribution in [3.8, 4) is 0 Å². The average Bonchev–Trinajstić information content (AvgIpc) is 2.50. The van der Waals surface area contributed by atoms with Gasteiger partial charge in [0.2, 0.25) is 0 Å². The van der Waals surface area contributed by atoms with Crippen molar-refractivity contribution in [3.63, 3.8) is 0 Å². The second-order valence-electron chi connectivity index (χ2n) is 4.46. The Hall–Kier alpha value is -0.900. The van der Waals surface area contributed by atoms with Crippen molar-refractivity contribution in [3.05, 3.63) is 10.6 Å². The van der Waals surface area contributed by atoms with Crippen molar-refractivity contribution in [2.24, 2.45) is 0 Å². The lowest BCUT2D eigenvalue weighted by Crippen LogP contribution is -2.32. The number of nitrogens with zero attached hydrogens (tertiary/aromatic N) is 2. The molecule has 0 aliphatic carbocycles. The number of aldehydes is 1. The first kappa shape index (κ1) is 11.6. The van der Waals surface area contributed by atoms with Gasteiger partial charge >= 0.3 is 0 Å². The van der Waals surface area contributed by atoms with Crippen LogP contribution in [0.3, 0.4) is 0 Å². The molecule has 16 heavy (non-hydrogen) atoms. The number of hydrogen-bond donors (Lipinski definition) is 0. The van der Waals surface area contributed by atoms with Crippen molar-refractivity contribution in [1.29, 1.82) is 0 Å². The lowest BCUT2D eigenvalue weighted by atomic mass is 10.1. The van der Waals surface area contributed by atoms with Gasteiger partial charge in [0.25, 0.3) is 0 Å². The van der Waals surface area contributed by atoms with E-state index < -0.39 is 0 Å². The van der Waals surface area contributed by atoms with Gasteiger partial charge in [-0.05, 0) is 26.7 Å². The highest BCUT2D eigenvalue weighted by atomic mass is 32.1. The summed E-state index contributed by atoms with van der Waals surface area (Å²) in [4.78, 5) is 18.5. The highest BCUT2D eigenvalue weighted by molar-refractivity contribution is 7.17. The van der Waals surface area contributed by atoms with Gasteiger partial charge in [-0.1, -0.05) is 24.2 Å². The minimum atomic E-state index is 0.549. The molecule has 1 atom stereocenters. The molecule has 1 unspecified atom stereocenters. The molecule has 2 rings (SSSR count). The van der Waals surface area contributed by atoms with Crippen molar-refractivity contribution in [2.75, 3.05) is 11.4 Å². The smallest absolute Gasteiger partial charge is 0.186 e. The molecular formula is C12H18N2OS. The molecule has 1 aliphatic heterocycles. The number of carbonyl (C=O) groups excluding carboxylic acids is 1. The number of thiazole rings is 1. The van der Waals surface area contributed by atoms with Crippen LogP contribution in [0.15, 0.2) is 0 Å². The molecule has 1 saturated heterocycles. The van der Waals surface area contributed by atoms with E-state index in [1.54, 1.807) is 0 Å². The van der Waals surface area contributed by atoms with Gasteiger partial charge in [-0.15, -0.1) is 0 Å². The fourth-order valence-corrected chi connectivity index (χ4v) is 3.19. The van der Waals surface area contributed by atoms with Gasteiger partial charge in [0.05, 0.1) is 10.6 Å². The highest BCUT2D eigenvalue weighted by Crippen LogP contribution is 2.29. The maximum Gasteiger partial charge on any atom is 0.186 e. The van der Waals surface area contributed by atoms with E-state index in [9.17, 15) is 4.79 Å². The summed E-state index contributed by atoms with van der Waals surface area (Å²) in [5.74, 6) is 0. The van der Waals surface area contributed by atoms with E-state index in [-0.39, 0.29) is 0 Å². The summed E-state index contributed by atoms with van der Waals surface area (Å²) in [6, 6.07) is 0.549. The molecule has 4 heteroatoms. The SMILES string of the molecule is Cc1nc(N2CCCCCC2C)sc1C=O. The topological polar surface area (TPSA) is 33.2 Å². The van der Waals surface area contributed by atoms with Gasteiger partial charge in [0.1, 0.15) is 0 Å². The quantitative estimate of drug-likeness (QED) is 0.742. The van der Waals surface area contributed by atoms with E-state index in [1.165, 1.54) is 37.0 Å². The van der Waals surface area contributed by atoms with E-state index in [4.69, 9.17) is 0 Å². The predicted octanol–water partition coefficient (Wildman–Crippen LogP) is 3.03. The largest absolute Gasteiger partial charge is 0.345 e. The maximum absolute atomic E-state index is 10.8. The summed E-state index contributed by atoms with van der Waals surface area (Å²) in [6.07, 6.45) is 6.00. The Balaban J connectivity index is 2.23. The fraction of sp³-hybridized carbons (Fsp3) is 0.667. The van der Waals surface area contributed by atoms with Crippen LogP contribution in [-0.2, 0) is 0 Å². The van der Waals surface area contributed by atoms with Gasteiger partial charge in [0.15, 0.2) is 11.4 Å². The van der Waals surface area contributed by atoms with Crippen molar-refractivity contribution in [2.45, 2.75) is 45.6 Å². The van der Waals surface area contributed by atoms with Gasteiger partial charge in [0, 0.05) is 12.6 Å². The lowest BCUT2D eigenvalue weighted by molar-refractivity contribution is 0.112. The Morgan fingerprint density at radius 3 is 2.94 bits per heavy atom. The van der Waals surface area contributed by atoms with Gasteiger partial charge in [-0.2, -0.15) is 0 Å². The minimum Gasteiger partial charge on any atom is -0.345 e. The van der Waals surface area contributed by atoms with Crippen LogP contribution in [0.1, 0.15) is 48.0 Å². The summed E-state index contributed by atoms with van der Waals surface area (Å²) < 4.78 is 0. The molecule has 0 amide bonds. The molecule has 0 spiro atoms. The molecule has 0 aromatic carbocycles. The lowest BCUT2D eigenvalue weighted by Gasteiger charge is -2.26. The third-order valence-electron chi connectivity index (χ3n) is 3.23. The number of hydrogen-bond acceptors (Lipinski definition) is 4. The first-order valence-electron chi connectivity index (χ1n) is 5.91. The summed E-state index contributed by atoms with van der Waals surface area (Å²) in [7, 11) is 0. The standard InChI is InChI=1S/C12H18N2OS/c1-9-6-4-3-5-7-14(9)12-13-10(2)11(8-15)16-12/h8-9H,3-7H2,1-2H3. The molecule has 0 saturated carbocycles. The molecule has 0 N–H and O–H groups in total. The molecule has 1 aromatic rings. The summed E-state index contributed by atoms with van der Waals surface area (Å²) >= 11 is 1.53. The summed E-state index contributed by atoms with van der Waals surface area (Å²) in [6.45, 7) is 5.24. The molecule has 1 aromatic heterocycles. The van der Waals surface area contributed by atoms with E-state index in [1.807, 2.05) is 6.92 Å². The van der Waals surface area contributed by atoms with E-state index in [0.29, 0.717) is 6.04 Å². The van der Waals surface area contributed by atoms with Gasteiger partial charge in [-0.3, -0.25) is 4.79 Å². The van der Waals surface area contributed by atoms with Crippen LogP contribution < -0.4 is 4.90 Å². The van der Waals surface area contributed by atoms with Crippen LogP contribution in [0.5, 0.6) is 0 Å². The predicted molar refractivity (Wildman–Crippen MR) is 67.5 cm³/mol. The van der Waals surface area contributed by atoms with E-state index >= 15 is 0 Å². The zero-order chi connectivity index (χ0) is 11.5. The molecule has 88 valence electrons. The third-order valence-corrected chi connectivity index (χ3v) is 4.35. The van der Waals surface area contributed by atoms with Crippen molar-refractivity contribution >= 4 is 22.8 Å². The number of aryl methyl sites for hydroxylation is 1. The summed E-state index contributed by atoms with van der Waals surface area (Å²) in [5, 5.41) is 1.02. The molecule has 0 radical (unpaired) electrons. The Kier molecular flexibility index (Phi) is 3.59. The number of rotatable bonds is 2. The molecule has 2 heterocycles. The zero-order valence-electron chi connectivity index (χ0n) is 9.90. The summed E-state index contributed by atoms with van der Waals surface area (Å²) in [5.41, 5.74) is 0.867. The first-order chi connectivity index (χ1) is 7.72. The molecule has 0 bridgehead atoms. The second kappa shape index (κ2) is 4.95. The first-order valence-corrected chi connectivity index (χ1v) is 6.73. The van der Waals surface area contributed by atoms with Crippen molar-refractivity contribution in [1.82, 2.24) is 4.98 Å². The number of aromatic nitrogens is 1. The van der Waals surface area contributed by atoms with Crippen LogP contribution in [0.25, 0.3) is 0 Å². The van der Waals surface area contributed by atoms with Gasteiger partial charge < -0.3 is 4.90 Å². The Morgan fingerprint density at radius 1 is 1.44 bits per heavy atom. The Bertz CT molecular complexity index is 375. The molecule has 1 aliphatic rings. The van der Waals surface area contributed by atoms with Crippen LogP contribution in [0.4, 0.5) is 5.13 Å². The maximum atomic E-state index is 10.8. The van der Waals surface area contributed by atoms with E-state index in [0.717, 1.165) is 28.5 Å². The fourth-order valence-electron chi connectivity index (χ4n) is 2.18. The molecule has 1 fully saturated rings. The zero-order valence-corrected chi connectivity index (χ0v) is 10.7. The average molecular weight is 238 g/mol. The van der Waals surface area contributed by atoms with Crippen molar-refractivity contribution < 1.29 is 4.79 Å². The highest BCUT2D eigenvalue weighted by Gasteiger charge is 2.20. The van der Waals surface area contributed by atoms with Crippen LogP contribution in [0.2, 0.25) is 0 Å². The Morgan fingerprint density at radius 2 is 2.25 bits per heavy atom. The molecular weight excluding hydrogens is 220 g/mol. The van der Waals surface area contributed by atoms with Crippen LogP contribution >= 0.6 is 11.3 Å². The normalized spacial score (nSPS) is 21.9. The number of carbonyl (C=O) groups is 1. The van der Waals surface area contributed by atoms with Gasteiger partial charge in [-0.25, -0.2) is 4.98 Å². The monoisotopic (exact) mass is 238 g/mol. The minimum absolute atomic E-state index is 0.549. The third kappa shape index (κ3) is 2.26.